The zero-order valence-electron chi connectivity index (χ0n) is 37.7. The molecule has 1 unspecified atom stereocenters. The molecule has 2 fully saturated rings. The van der Waals surface area contributed by atoms with Crippen molar-refractivity contribution in [3.05, 3.63) is 30.1 Å². The van der Waals surface area contributed by atoms with E-state index < -0.39 is 14.8 Å². The lowest BCUT2D eigenvalue weighted by Gasteiger charge is -2.37. The molecule has 1 atom stereocenters. The molecule has 2 aliphatic rings. The summed E-state index contributed by atoms with van der Waals surface area (Å²) in [4.78, 5) is 19.3. The number of para-hydroxylation sites is 2. The number of fused-ring (bicyclic) bond motifs is 1. The molecule has 0 radical (unpaired) electrons. The minimum absolute atomic E-state index is 0.236. The molecule has 3 heterocycles. The van der Waals surface area contributed by atoms with Crippen LogP contribution in [-0.2, 0) is 27.8 Å². The van der Waals surface area contributed by atoms with E-state index in [2.05, 4.69) is 117 Å². The molecule has 1 aromatic heterocycles. The number of rotatable bonds is 5. The van der Waals surface area contributed by atoms with Gasteiger partial charge in [0.1, 0.15) is 5.82 Å². The highest BCUT2D eigenvalue weighted by Gasteiger charge is 2.38. The minimum Gasteiger partial charge on any atom is -0.339 e. The number of sulfonamides is 1. The Morgan fingerprint density at radius 3 is 1.68 bits per heavy atom. The van der Waals surface area contributed by atoms with E-state index in [1.807, 2.05) is 20.8 Å². The van der Waals surface area contributed by atoms with Gasteiger partial charge >= 0.3 is 0 Å². The van der Waals surface area contributed by atoms with Crippen LogP contribution < -0.4 is 0 Å². The summed E-state index contributed by atoms with van der Waals surface area (Å²) in [5.74, 6) is 2.21. The molecule has 4 rings (SSSR count). The van der Waals surface area contributed by atoms with Crippen LogP contribution in [0.25, 0.3) is 11.0 Å². The second-order valence-electron chi connectivity index (χ2n) is 22.9. The molecule has 2 aromatic rings. The topological polar surface area (TPSA) is 75.5 Å². The van der Waals surface area contributed by atoms with Gasteiger partial charge in [0.2, 0.25) is 15.9 Å². The van der Waals surface area contributed by atoms with Gasteiger partial charge in [-0.1, -0.05) is 116 Å². The van der Waals surface area contributed by atoms with E-state index in [1.165, 1.54) is 30.6 Å². The van der Waals surface area contributed by atoms with Crippen LogP contribution in [0, 0.1) is 33.0 Å². The third-order valence-corrected chi connectivity index (χ3v) is 12.4. The molecule has 0 aliphatic carbocycles. The van der Waals surface area contributed by atoms with Crippen molar-refractivity contribution in [1.82, 2.24) is 18.8 Å². The Bertz CT molecular complexity index is 1560. The van der Waals surface area contributed by atoms with E-state index >= 15 is 0 Å². The summed E-state index contributed by atoms with van der Waals surface area (Å²) in [5.41, 5.74) is 3.32. The van der Waals surface area contributed by atoms with Gasteiger partial charge in [-0.2, -0.15) is 0 Å². The van der Waals surface area contributed by atoms with Gasteiger partial charge in [-0.3, -0.25) is 4.79 Å². The molecule has 53 heavy (non-hydrogen) atoms. The van der Waals surface area contributed by atoms with Crippen LogP contribution in [0.1, 0.15) is 169 Å². The van der Waals surface area contributed by atoms with Gasteiger partial charge in [0.15, 0.2) is 0 Å². The van der Waals surface area contributed by atoms with Crippen molar-refractivity contribution in [1.29, 1.82) is 0 Å². The van der Waals surface area contributed by atoms with Gasteiger partial charge in [0, 0.05) is 44.1 Å². The Labute approximate surface area is 327 Å². The van der Waals surface area contributed by atoms with Crippen LogP contribution in [0.2, 0.25) is 0 Å². The molecule has 306 valence electrons. The standard InChI is InChI=1S/C17H26N2.C14H29NO2S.C14H27NO/c1-16(2,3)11-15-18-13-9-7-8-10-14(13)19(15)12-17(4,5)6;1-13(2,3)11-12-7-9-15(10-8-12)18(16,17)14(4,5)6;1-13(2,3)10-11-8-7-9-15(11)12(16)14(4,5)6/h7-10H,11-12H2,1-6H3;12H,7-11H2,1-6H3;11H,7-10H2,1-6H3. The normalized spacial score (nSPS) is 18.8. The average Bonchev–Trinajstić information content (AvgIpc) is 3.53. The Morgan fingerprint density at radius 1 is 0.698 bits per heavy atom. The Balaban J connectivity index is 0.000000276. The second-order valence-corrected chi connectivity index (χ2v) is 25.6. The zero-order chi connectivity index (χ0) is 41.0. The van der Waals surface area contributed by atoms with Crippen molar-refractivity contribution in [2.24, 2.45) is 33.0 Å². The van der Waals surface area contributed by atoms with Crippen molar-refractivity contribution in [3.63, 3.8) is 0 Å². The molecule has 2 saturated heterocycles. The fraction of sp³-hybridized carbons (Fsp3) is 0.822. The van der Waals surface area contributed by atoms with Gasteiger partial charge < -0.3 is 9.47 Å². The largest absolute Gasteiger partial charge is 0.339 e. The molecular weight excluding hydrogens is 677 g/mol. The molecule has 1 aromatic carbocycles. The summed E-state index contributed by atoms with van der Waals surface area (Å²) in [7, 11) is -3.13. The predicted molar refractivity (Wildman–Crippen MR) is 228 cm³/mol. The number of aromatic nitrogens is 2. The summed E-state index contributed by atoms with van der Waals surface area (Å²) in [6.45, 7) is 41.9. The van der Waals surface area contributed by atoms with E-state index in [9.17, 15) is 13.2 Å². The number of amides is 1. The fourth-order valence-corrected chi connectivity index (χ4v) is 8.91. The number of likely N-dealkylation sites (tertiary alicyclic amines) is 1. The van der Waals surface area contributed by atoms with Gasteiger partial charge in [0.05, 0.1) is 15.8 Å². The smallest absolute Gasteiger partial charge is 0.228 e. The number of imidazole rings is 1. The number of benzene rings is 1. The number of carbonyl (C=O) groups excluding carboxylic acids is 1. The molecule has 0 spiro atoms. The second kappa shape index (κ2) is 17.5. The van der Waals surface area contributed by atoms with Crippen LogP contribution in [-0.4, -0.2) is 63.5 Å². The predicted octanol–water partition coefficient (Wildman–Crippen LogP) is 11.4. The third kappa shape index (κ3) is 15.6. The van der Waals surface area contributed by atoms with Crippen molar-refractivity contribution in [2.75, 3.05) is 19.6 Å². The lowest BCUT2D eigenvalue weighted by atomic mass is 9.81. The first kappa shape index (κ1) is 47.2. The number of hydrogen-bond donors (Lipinski definition) is 0. The number of carbonyl (C=O) groups is 1. The highest BCUT2D eigenvalue weighted by molar-refractivity contribution is 7.90. The lowest BCUT2D eigenvalue weighted by molar-refractivity contribution is -0.140. The van der Waals surface area contributed by atoms with Crippen LogP contribution in [0.5, 0.6) is 0 Å². The quantitative estimate of drug-likeness (QED) is 0.304. The Kier molecular flexibility index (Phi) is 15.6. The summed E-state index contributed by atoms with van der Waals surface area (Å²) >= 11 is 0. The zero-order valence-corrected chi connectivity index (χ0v) is 38.5. The van der Waals surface area contributed by atoms with Crippen molar-refractivity contribution in [2.45, 2.75) is 187 Å². The monoisotopic (exact) mass is 759 g/mol. The van der Waals surface area contributed by atoms with Gasteiger partial charge in [-0.05, 0) is 99.0 Å². The first-order valence-electron chi connectivity index (χ1n) is 20.5. The third-order valence-electron chi connectivity index (χ3n) is 9.77. The van der Waals surface area contributed by atoms with E-state index in [1.54, 1.807) is 25.1 Å². The van der Waals surface area contributed by atoms with Gasteiger partial charge in [0.25, 0.3) is 0 Å². The number of hydrogen-bond acceptors (Lipinski definition) is 4. The molecule has 8 heteroatoms. The first-order valence-corrected chi connectivity index (χ1v) is 21.9. The van der Waals surface area contributed by atoms with Crippen LogP contribution >= 0.6 is 0 Å². The summed E-state index contributed by atoms with van der Waals surface area (Å²) in [6, 6.07) is 8.93. The first-order chi connectivity index (χ1) is 23.7. The maximum atomic E-state index is 12.3. The lowest BCUT2D eigenvalue weighted by Crippen LogP contribution is -2.46. The van der Waals surface area contributed by atoms with Crippen molar-refractivity contribution in [3.8, 4) is 0 Å². The van der Waals surface area contributed by atoms with E-state index in [-0.39, 0.29) is 16.2 Å². The summed E-state index contributed by atoms with van der Waals surface area (Å²) < 4.78 is 28.1. The SMILES string of the molecule is CC(C)(C)CC1CCCN1C(=O)C(C)(C)C.CC(C)(C)CC1CCN(S(=O)(=O)C(C)(C)C)CC1.CC(C)(C)Cc1nc2ccccc2n1CC(C)(C)C. The molecule has 0 N–H and O–H groups in total. The molecule has 0 bridgehead atoms. The van der Waals surface area contributed by atoms with Gasteiger partial charge in [-0.15, -0.1) is 0 Å². The number of piperidine rings is 1. The summed E-state index contributed by atoms with van der Waals surface area (Å²) in [5, 5.41) is 0. The fourth-order valence-electron chi connectivity index (χ4n) is 7.45. The molecule has 2 aliphatic heterocycles. The Hall–Kier alpha value is -1.93. The molecule has 0 saturated carbocycles. The Morgan fingerprint density at radius 2 is 1.23 bits per heavy atom. The highest BCUT2D eigenvalue weighted by Crippen LogP contribution is 2.34. The van der Waals surface area contributed by atoms with E-state index in [4.69, 9.17) is 4.98 Å². The van der Waals surface area contributed by atoms with E-state index in [0.717, 1.165) is 44.3 Å². The highest BCUT2D eigenvalue weighted by atomic mass is 32.2. The number of nitrogens with zero attached hydrogens (tertiary/aromatic N) is 4. The van der Waals surface area contributed by atoms with Crippen molar-refractivity contribution >= 4 is 27.0 Å². The van der Waals surface area contributed by atoms with Crippen LogP contribution in [0.4, 0.5) is 0 Å². The maximum absolute atomic E-state index is 12.3. The molecule has 7 nitrogen and oxygen atoms in total. The summed E-state index contributed by atoms with van der Waals surface area (Å²) in [6.07, 6.45) is 7.68. The molecule has 1 amide bonds. The average molecular weight is 759 g/mol. The van der Waals surface area contributed by atoms with Crippen LogP contribution in [0.3, 0.4) is 0 Å². The van der Waals surface area contributed by atoms with Gasteiger partial charge in [-0.25, -0.2) is 17.7 Å². The van der Waals surface area contributed by atoms with Crippen molar-refractivity contribution < 1.29 is 13.2 Å². The molecular formula is C45H82N4O3S. The van der Waals surface area contributed by atoms with Crippen LogP contribution in [0.15, 0.2) is 24.3 Å². The minimum atomic E-state index is -3.13. The van der Waals surface area contributed by atoms with E-state index in [0.29, 0.717) is 41.8 Å². The maximum Gasteiger partial charge on any atom is 0.228 e.